The number of ketones is 2. The summed E-state index contributed by atoms with van der Waals surface area (Å²) in [5.74, 6) is -2.66. The van der Waals surface area contributed by atoms with Crippen LogP contribution in [-0.2, 0) is 14.4 Å². The smallest absolute Gasteiger partial charge is 0.314 e. The molecule has 4 heteroatoms. The van der Waals surface area contributed by atoms with Crippen molar-refractivity contribution in [2.24, 2.45) is 5.92 Å². The lowest BCUT2D eigenvalue weighted by atomic mass is 9.92. The largest absolute Gasteiger partial charge is 0.481 e. The fraction of sp³-hybridized carbons (Fsp3) is 0.821. The van der Waals surface area contributed by atoms with E-state index in [0.29, 0.717) is 6.42 Å². The Morgan fingerprint density at radius 3 is 1.16 bits per heavy atom. The van der Waals surface area contributed by atoms with E-state index in [4.69, 9.17) is 0 Å². The maximum Gasteiger partial charge on any atom is 0.314 e. The highest BCUT2D eigenvalue weighted by Crippen LogP contribution is 2.17. The number of hydrogen-bond acceptors (Lipinski definition) is 3. The number of unbranched alkanes of at least 4 members (excludes halogenated alkanes) is 22. The molecule has 0 bridgehead atoms. The van der Waals surface area contributed by atoms with Gasteiger partial charge in [-0.2, -0.15) is 0 Å². The van der Waals surface area contributed by atoms with E-state index < -0.39 is 11.9 Å². The van der Waals surface area contributed by atoms with E-state index in [1.807, 2.05) is 0 Å². The minimum absolute atomic E-state index is 0.0806. The van der Waals surface area contributed by atoms with Gasteiger partial charge in [0.1, 0.15) is 17.5 Å². The van der Waals surface area contributed by atoms with E-state index in [1.54, 1.807) is 0 Å². The van der Waals surface area contributed by atoms with Crippen molar-refractivity contribution < 1.29 is 19.5 Å². The monoisotopic (exact) mass is 603 g/mol. The Morgan fingerprint density at radius 2 is 0.791 bits per heavy atom. The summed E-state index contributed by atoms with van der Waals surface area (Å²) < 4.78 is 0. The lowest BCUT2D eigenvalue weighted by molar-refractivity contribution is -0.148. The lowest BCUT2D eigenvalue weighted by Gasteiger charge is -2.11. The SMILES string of the molecule is CCCCCCCC/C=C\CCCCCCCC(=O)CC(C(=O)O)C(=O)CCCCCCC/C=C\CCCCCCCC. The number of hydrogen-bond donors (Lipinski definition) is 1. The summed E-state index contributed by atoms with van der Waals surface area (Å²) in [5.41, 5.74) is 0. The second-order valence-electron chi connectivity index (χ2n) is 12.8. The van der Waals surface area contributed by atoms with Crippen molar-refractivity contribution in [2.75, 3.05) is 0 Å². The Balaban J connectivity index is 3.74. The van der Waals surface area contributed by atoms with Crippen molar-refractivity contribution in [3.8, 4) is 0 Å². The van der Waals surface area contributed by atoms with Gasteiger partial charge >= 0.3 is 5.97 Å². The van der Waals surface area contributed by atoms with Crippen LogP contribution in [0.15, 0.2) is 24.3 Å². The van der Waals surface area contributed by atoms with Crippen LogP contribution in [-0.4, -0.2) is 22.6 Å². The molecule has 1 unspecified atom stereocenters. The van der Waals surface area contributed by atoms with Gasteiger partial charge in [0.05, 0.1) is 0 Å². The molecule has 0 amide bonds. The number of allylic oxidation sites excluding steroid dienone is 4. The highest BCUT2D eigenvalue weighted by molar-refractivity contribution is 6.01. The Bertz CT molecular complexity index is 708. The zero-order valence-electron chi connectivity index (χ0n) is 28.6. The molecule has 43 heavy (non-hydrogen) atoms. The summed E-state index contributed by atoms with van der Waals surface area (Å²) in [6.07, 6.45) is 40.9. The zero-order valence-corrected chi connectivity index (χ0v) is 28.6. The van der Waals surface area contributed by atoms with Crippen molar-refractivity contribution >= 4 is 17.5 Å². The topological polar surface area (TPSA) is 71.4 Å². The van der Waals surface area contributed by atoms with Gasteiger partial charge in [-0.1, -0.05) is 141 Å². The number of carboxylic acids is 1. The fourth-order valence-electron chi connectivity index (χ4n) is 5.61. The van der Waals surface area contributed by atoms with Gasteiger partial charge in [0.15, 0.2) is 0 Å². The first-order valence-electron chi connectivity index (χ1n) is 18.6. The summed E-state index contributed by atoms with van der Waals surface area (Å²) in [6.45, 7) is 4.51. The Kier molecular flexibility index (Phi) is 31.9. The van der Waals surface area contributed by atoms with Gasteiger partial charge in [-0.05, 0) is 64.2 Å². The van der Waals surface area contributed by atoms with Crippen LogP contribution in [0.25, 0.3) is 0 Å². The molecule has 0 saturated heterocycles. The van der Waals surface area contributed by atoms with Gasteiger partial charge in [0.2, 0.25) is 0 Å². The summed E-state index contributed by atoms with van der Waals surface area (Å²) in [4.78, 5) is 36.6. The second kappa shape index (κ2) is 33.2. The van der Waals surface area contributed by atoms with Gasteiger partial charge in [-0.25, -0.2) is 0 Å². The molecule has 0 spiro atoms. The molecule has 0 rings (SSSR count). The van der Waals surface area contributed by atoms with Crippen LogP contribution in [0.4, 0.5) is 0 Å². The maximum atomic E-state index is 12.5. The Hall–Kier alpha value is -1.71. The number of aliphatic carboxylic acids is 1. The first-order chi connectivity index (χ1) is 21.0. The van der Waals surface area contributed by atoms with Crippen molar-refractivity contribution in [1.29, 1.82) is 0 Å². The van der Waals surface area contributed by atoms with E-state index in [0.717, 1.165) is 57.8 Å². The molecule has 0 aliphatic heterocycles. The van der Waals surface area contributed by atoms with E-state index >= 15 is 0 Å². The van der Waals surface area contributed by atoms with Crippen LogP contribution >= 0.6 is 0 Å². The summed E-state index contributed by atoms with van der Waals surface area (Å²) in [7, 11) is 0. The fourth-order valence-corrected chi connectivity index (χ4v) is 5.61. The number of carbonyl (C=O) groups is 3. The third-order valence-electron chi connectivity index (χ3n) is 8.52. The normalized spacial score (nSPS) is 12.4. The molecule has 0 fully saturated rings. The van der Waals surface area contributed by atoms with Crippen molar-refractivity contribution in [2.45, 2.75) is 200 Å². The van der Waals surface area contributed by atoms with Crippen molar-refractivity contribution in [1.82, 2.24) is 0 Å². The third kappa shape index (κ3) is 30.1. The predicted octanol–water partition coefficient (Wildman–Crippen LogP) is 12.3. The van der Waals surface area contributed by atoms with Crippen LogP contribution < -0.4 is 0 Å². The van der Waals surface area contributed by atoms with Gasteiger partial charge in [-0.3, -0.25) is 14.4 Å². The minimum Gasteiger partial charge on any atom is -0.481 e. The average molecular weight is 603 g/mol. The quantitative estimate of drug-likeness (QED) is 0.0452. The van der Waals surface area contributed by atoms with Gasteiger partial charge < -0.3 is 5.11 Å². The number of carboxylic acid groups (broad SMARTS) is 1. The standard InChI is InChI=1S/C39H70O4/c1-3-5-7-9-11-13-15-17-19-21-23-25-27-29-31-33-36(40)35-37(39(42)43)38(41)34-32-30-28-26-24-22-20-18-16-14-12-10-8-6-4-2/h17-20,37H,3-16,21-35H2,1-2H3,(H,42,43)/b19-17-,20-18-. The molecule has 0 aromatic rings. The molecule has 0 aromatic heterocycles. The van der Waals surface area contributed by atoms with Crippen LogP contribution in [0.3, 0.4) is 0 Å². The molecule has 4 nitrogen and oxygen atoms in total. The van der Waals surface area contributed by atoms with Gasteiger partial charge in [-0.15, -0.1) is 0 Å². The summed E-state index contributed by atoms with van der Waals surface area (Å²) >= 11 is 0. The third-order valence-corrected chi connectivity index (χ3v) is 8.52. The van der Waals surface area contributed by atoms with E-state index in [2.05, 4.69) is 38.2 Å². The average Bonchev–Trinajstić information content (AvgIpc) is 2.99. The van der Waals surface area contributed by atoms with E-state index in [1.165, 1.54) is 109 Å². The lowest BCUT2D eigenvalue weighted by Crippen LogP contribution is -2.26. The molecular formula is C39H70O4. The van der Waals surface area contributed by atoms with Crippen LogP contribution in [0.2, 0.25) is 0 Å². The summed E-state index contributed by atoms with van der Waals surface area (Å²) in [5, 5.41) is 9.54. The highest BCUT2D eigenvalue weighted by Gasteiger charge is 2.27. The molecule has 250 valence electrons. The number of carbonyl (C=O) groups excluding carboxylic acids is 2. The molecule has 1 atom stereocenters. The molecule has 0 radical (unpaired) electrons. The van der Waals surface area contributed by atoms with Crippen molar-refractivity contribution in [3.05, 3.63) is 24.3 Å². The van der Waals surface area contributed by atoms with Crippen LogP contribution in [0.1, 0.15) is 200 Å². The van der Waals surface area contributed by atoms with Crippen LogP contribution in [0, 0.1) is 5.92 Å². The maximum absolute atomic E-state index is 12.5. The predicted molar refractivity (Wildman–Crippen MR) is 185 cm³/mol. The molecule has 0 aliphatic carbocycles. The van der Waals surface area contributed by atoms with E-state index in [9.17, 15) is 19.5 Å². The van der Waals surface area contributed by atoms with E-state index in [-0.39, 0.29) is 24.4 Å². The van der Waals surface area contributed by atoms with Gasteiger partial charge in [0, 0.05) is 19.3 Å². The first-order valence-corrected chi connectivity index (χ1v) is 18.6. The Morgan fingerprint density at radius 1 is 0.465 bits per heavy atom. The van der Waals surface area contributed by atoms with Gasteiger partial charge in [0.25, 0.3) is 0 Å². The molecule has 0 aliphatic rings. The summed E-state index contributed by atoms with van der Waals surface area (Å²) in [6, 6.07) is 0. The zero-order chi connectivity index (χ0) is 31.6. The molecule has 0 saturated carbocycles. The van der Waals surface area contributed by atoms with Crippen LogP contribution in [0.5, 0.6) is 0 Å². The minimum atomic E-state index is -1.16. The molecule has 0 aromatic carbocycles. The second-order valence-corrected chi connectivity index (χ2v) is 12.8. The number of Topliss-reactive ketones (excluding diaryl/α,β-unsaturated/α-hetero) is 2. The van der Waals surface area contributed by atoms with Crippen molar-refractivity contribution in [3.63, 3.8) is 0 Å². The number of rotatable bonds is 34. The molecule has 1 N–H and O–H groups in total. The molecular weight excluding hydrogens is 532 g/mol. The highest BCUT2D eigenvalue weighted by atomic mass is 16.4. The Labute approximate surface area is 267 Å². The molecule has 0 heterocycles. The first kappa shape index (κ1) is 41.3.